The Morgan fingerprint density at radius 1 is 1.31 bits per heavy atom. The van der Waals surface area contributed by atoms with Gasteiger partial charge in [0.15, 0.2) is 5.11 Å². The topological polar surface area (TPSA) is 24.1 Å². The summed E-state index contributed by atoms with van der Waals surface area (Å²) < 4.78 is 0. The summed E-state index contributed by atoms with van der Waals surface area (Å²) in [6, 6.07) is 5.31. The first kappa shape index (κ1) is 13.6. The molecule has 5 heteroatoms. The highest BCUT2D eigenvalue weighted by molar-refractivity contribution is 7.80. The van der Waals surface area contributed by atoms with Crippen molar-refractivity contribution in [3.8, 4) is 0 Å². The number of thiocarbonyl (C=S) groups is 1. The molecule has 1 aromatic rings. The molecule has 1 aromatic carbocycles. The van der Waals surface area contributed by atoms with Crippen LogP contribution in [0.15, 0.2) is 18.2 Å². The molecule has 0 aromatic heterocycles. The van der Waals surface area contributed by atoms with E-state index < -0.39 is 0 Å². The van der Waals surface area contributed by atoms with Crippen LogP contribution < -0.4 is 10.6 Å². The normalized spacial score (nSPS) is 10.3. The van der Waals surface area contributed by atoms with E-state index in [0.29, 0.717) is 21.1 Å². The fraction of sp³-hybridized carbons (Fsp3) is 0.364. The van der Waals surface area contributed by atoms with E-state index in [1.165, 1.54) is 0 Å². The molecule has 1 rings (SSSR count). The highest BCUT2D eigenvalue weighted by Crippen LogP contribution is 2.24. The van der Waals surface area contributed by atoms with E-state index in [2.05, 4.69) is 24.5 Å². The Labute approximate surface area is 111 Å². The first-order chi connectivity index (χ1) is 7.49. The van der Waals surface area contributed by atoms with Crippen LogP contribution in [-0.4, -0.2) is 11.7 Å². The van der Waals surface area contributed by atoms with E-state index in [0.717, 1.165) is 12.2 Å². The zero-order valence-corrected chi connectivity index (χ0v) is 11.5. The number of rotatable bonds is 3. The molecule has 0 aliphatic rings. The average molecular weight is 277 g/mol. The van der Waals surface area contributed by atoms with Crippen LogP contribution in [0.1, 0.15) is 13.8 Å². The molecule has 0 bridgehead atoms. The zero-order chi connectivity index (χ0) is 12.1. The number of nitrogens with one attached hydrogen (secondary N) is 2. The molecule has 0 aliphatic carbocycles. The predicted octanol–water partition coefficient (Wildman–Crippen LogP) is 3.94. The molecule has 0 unspecified atom stereocenters. The van der Waals surface area contributed by atoms with Crippen molar-refractivity contribution in [2.24, 2.45) is 5.92 Å². The lowest BCUT2D eigenvalue weighted by molar-refractivity contribution is 0.627. The lowest BCUT2D eigenvalue weighted by Gasteiger charge is -2.12. The summed E-state index contributed by atoms with van der Waals surface area (Å²) in [5.74, 6) is 0.550. The molecule has 88 valence electrons. The van der Waals surface area contributed by atoms with Crippen LogP contribution in [0.4, 0.5) is 5.69 Å². The SMILES string of the molecule is CC(C)CNC(=S)Nc1ccc(Cl)c(Cl)c1. The van der Waals surface area contributed by atoms with Gasteiger partial charge in [0.2, 0.25) is 0 Å². The van der Waals surface area contributed by atoms with E-state index in [1.807, 2.05) is 6.07 Å². The first-order valence-corrected chi connectivity index (χ1v) is 6.15. The molecule has 16 heavy (non-hydrogen) atoms. The van der Waals surface area contributed by atoms with Gasteiger partial charge >= 0.3 is 0 Å². The number of hydrogen-bond donors (Lipinski definition) is 2. The van der Waals surface area contributed by atoms with Gasteiger partial charge in [-0.15, -0.1) is 0 Å². The van der Waals surface area contributed by atoms with Crippen LogP contribution in [0.25, 0.3) is 0 Å². The van der Waals surface area contributed by atoms with Crippen LogP contribution in [0.5, 0.6) is 0 Å². The molecular formula is C11H14Cl2N2S. The number of hydrogen-bond acceptors (Lipinski definition) is 1. The monoisotopic (exact) mass is 276 g/mol. The number of anilines is 1. The highest BCUT2D eigenvalue weighted by Gasteiger charge is 2.01. The van der Waals surface area contributed by atoms with Crippen LogP contribution >= 0.6 is 35.4 Å². The zero-order valence-electron chi connectivity index (χ0n) is 9.18. The number of halogens is 2. The smallest absolute Gasteiger partial charge is 0.170 e. The quantitative estimate of drug-likeness (QED) is 0.818. The van der Waals surface area contributed by atoms with Gasteiger partial charge in [0.05, 0.1) is 10.0 Å². The third kappa shape index (κ3) is 4.56. The van der Waals surface area contributed by atoms with Crippen molar-refractivity contribution in [3.05, 3.63) is 28.2 Å². The summed E-state index contributed by atoms with van der Waals surface area (Å²) in [4.78, 5) is 0. The van der Waals surface area contributed by atoms with Crippen LogP contribution in [0.2, 0.25) is 10.0 Å². The molecule has 0 atom stereocenters. The second-order valence-electron chi connectivity index (χ2n) is 3.86. The lowest BCUT2D eigenvalue weighted by Crippen LogP contribution is -2.31. The summed E-state index contributed by atoms with van der Waals surface area (Å²) in [5, 5.41) is 7.79. The van der Waals surface area contributed by atoms with Gasteiger partial charge < -0.3 is 10.6 Å². The maximum atomic E-state index is 5.89. The minimum Gasteiger partial charge on any atom is -0.362 e. The maximum absolute atomic E-state index is 5.89. The van der Waals surface area contributed by atoms with Crippen LogP contribution in [0, 0.1) is 5.92 Å². The third-order valence-corrected chi connectivity index (χ3v) is 2.83. The first-order valence-electron chi connectivity index (χ1n) is 4.99. The minimum atomic E-state index is 0.512. The molecule has 0 amide bonds. The molecule has 2 nitrogen and oxygen atoms in total. The van der Waals surface area contributed by atoms with Gasteiger partial charge in [-0.1, -0.05) is 37.0 Å². The van der Waals surface area contributed by atoms with E-state index in [-0.39, 0.29) is 0 Å². The Hall–Kier alpha value is -0.510. The number of benzene rings is 1. The van der Waals surface area contributed by atoms with Gasteiger partial charge in [0.25, 0.3) is 0 Å². The fourth-order valence-corrected chi connectivity index (χ4v) is 1.55. The van der Waals surface area contributed by atoms with Crippen molar-refractivity contribution in [2.75, 3.05) is 11.9 Å². The van der Waals surface area contributed by atoms with Crippen molar-refractivity contribution in [3.63, 3.8) is 0 Å². The Bertz CT molecular complexity index is 380. The molecule has 0 fully saturated rings. The van der Waals surface area contributed by atoms with E-state index in [9.17, 15) is 0 Å². The lowest BCUT2D eigenvalue weighted by atomic mass is 10.2. The molecule has 0 heterocycles. The van der Waals surface area contributed by atoms with Gasteiger partial charge in [-0.25, -0.2) is 0 Å². The third-order valence-electron chi connectivity index (χ3n) is 1.85. The summed E-state index contributed by atoms with van der Waals surface area (Å²) in [5.41, 5.74) is 0.829. The van der Waals surface area contributed by atoms with E-state index >= 15 is 0 Å². The van der Waals surface area contributed by atoms with Crippen LogP contribution in [-0.2, 0) is 0 Å². The summed E-state index contributed by atoms with van der Waals surface area (Å²) in [6.07, 6.45) is 0. The van der Waals surface area contributed by atoms with Crippen molar-refractivity contribution < 1.29 is 0 Å². The average Bonchev–Trinajstić information content (AvgIpc) is 2.21. The minimum absolute atomic E-state index is 0.512. The van der Waals surface area contributed by atoms with Crippen molar-refractivity contribution in [1.29, 1.82) is 0 Å². The van der Waals surface area contributed by atoms with E-state index in [1.54, 1.807) is 12.1 Å². The van der Waals surface area contributed by atoms with Crippen molar-refractivity contribution in [2.45, 2.75) is 13.8 Å². The maximum Gasteiger partial charge on any atom is 0.170 e. The molecule has 0 saturated heterocycles. The molecule has 2 N–H and O–H groups in total. The highest BCUT2D eigenvalue weighted by atomic mass is 35.5. The van der Waals surface area contributed by atoms with Crippen molar-refractivity contribution >= 4 is 46.2 Å². The Balaban J connectivity index is 2.53. The van der Waals surface area contributed by atoms with Gasteiger partial charge in [0, 0.05) is 12.2 Å². The molecule has 0 aliphatic heterocycles. The second-order valence-corrected chi connectivity index (χ2v) is 5.08. The fourth-order valence-electron chi connectivity index (χ4n) is 1.05. The van der Waals surface area contributed by atoms with Gasteiger partial charge in [-0.05, 0) is 36.3 Å². The largest absolute Gasteiger partial charge is 0.362 e. The summed E-state index contributed by atoms with van der Waals surface area (Å²) >= 11 is 16.8. The van der Waals surface area contributed by atoms with Crippen molar-refractivity contribution in [1.82, 2.24) is 5.32 Å². The van der Waals surface area contributed by atoms with Gasteiger partial charge in [-0.3, -0.25) is 0 Å². The van der Waals surface area contributed by atoms with Gasteiger partial charge in [0.1, 0.15) is 0 Å². The standard InChI is InChI=1S/C11H14Cl2N2S/c1-7(2)6-14-11(16)15-8-3-4-9(12)10(13)5-8/h3-5,7H,6H2,1-2H3,(H2,14,15,16). The van der Waals surface area contributed by atoms with E-state index in [4.69, 9.17) is 35.4 Å². The molecule has 0 saturated carbocycles. The Morgan fingerprint density at radius 2 is 2.00 bits per heavy atom. The molecular weight excluding hydrogens is 263 g/mol. The Morgan fingerprint density at radius 3 is 2.56 bits per heavy atom. The Kier molecular flexibility index (Phi) is 5.32. The second kappa shape index (κ2) is 6.28. The van der Waals surface area contributed by atoms with Crippen LogP contribution in [0.3, 0.4) is 0 Å². The predicted molar refractivity (Wildman–Crippen MR) is 75.5 cm³/mol. The molecule has 0 spiro atoms. The molecule has 0 radical (unpaired) electrons. The van der Waals surface area contributed by atoms with Gasteiger partial charge in [-0.2, -0.15) is 0 Å². The summed E-state index contributed by atoms with van der Waals surface area (Å²) in [7, 11) is 0. The summed E-state index contributed by atoms with van der Waals surface area (Å²) in [6.45, 7) is 5.08.